The third kappa shape index (κ3) is 4.55. The van der Waals surface area contributed by atoms with Crippen molar-refractivity contribution in [2.45, 2.75) is 6.43 Å². The van der Waals surface area contributed by atoms with Crippen molar-refractivity contribution in [3.05, 3.63) is 10.9 Å². The van der Waals surface area contributed by atoms with Gasteiger partial charge in [-0.15, -0.1) is 0 Å². The predicted molar refractivity (Wildman–Crippen MR) is 39.9 cm³/mol. The molecule has 0 atom stereocenters. The lowest BCUT2D eigenvalue weighted by atomic mass is 10.5. The Hall–Kier alpha value is -0.840. The molecule has 0 unspecified atom stereocenters. The number of nitrogens with one attached hydrogen (secondary N) is 2. The lowest BCUT2D eigenvalue weighted by molar-refractivity contribution is 0.150. The summed E-state index contributed by atoms with van der Waals surface area (Å²) in [6.07, 6.45) is -1.71. The first kappa shape index (κ1) is 10.2. The van der Waals surface area contributed by atoms with Crippen LogP contribution in [0.2, 0.25) is 0 Å². The number of halogens is 3. The third-order valence-electron chi connectivity index (χ3n) is 0.821. The van der Waals surface area contributed by atoms with Crippen LogP contribution < -0.4 is 11.1 Å². The van der Waals surface area contributed by atoms with Gasteiger partial charge in [0.15, 0.2) is 0 Å². The summed E-state index contributed by atoms with van der Waals surface area (Å²) in [5.41, 5.74) is 5.04. The Labute approximate surface area is 67.7 Å². The second-order valence-electron chi connectivity index (χ2n) is 1.69. The van der Waals surface area contributed by atoms with E-state index in [9.17, 15) is 8.78 Å². The van der Waals surface area contributed by atoms with Gasteiger partial charge in [0.2, 0.25) is 0 Å². The Balaban J connectivity index is 3.85. The zero-order valence-electron chi connectivity index (χ0n) is 5.57. The molecule has 11 heavy (non-hydrogen) atoms. The fourth-order valence-corrected chi connectivity index (χ4v) is 0.464. The maximum Gasteiger partial charge on any atom is 0.255 e. The molecular formula is C5H8ClF2N3. The van der Waals surface area contributed by atoms with Crippen LogP contribution >= 0.6 is 11.6 Å². The van der Waals surface area contributed by atoms with Gasteiger partial charge in [-0.25, -0.2) is 8.78 Å². The molecule has 0 saturated carbocycles. The van der Waals surface area contributed by atoms with Gasteiger partial charge in [-0.2, -0.15) is 0 Å². The highest BCUT2D eigenvalue weighted by Crippen LogP contribution is 1.99. The zero-order chi connectivity index (χ0) is 8.85. The molecule has 0 rings (SSSR count). The van der Waals surface area contributed by atoms with Gasteiger partial charge >= 0.3 is 0 Å². The molecule has 0 bridgehead atoms. The molecule has 0 aliphatic heterocycles. The van der Waals surface area contributed by atoms with E-state index in [1.165, 1.54) is 0 Å². The smallest absolute Gasteiger partial charge is 0.255 e. The molecule has 0 radical (unpaired) electrons. The van der Waals surface area contributed by atoms with Crippen molar-refractivity contribution >= 4 is 17.8 Å². The summed E-state index contributed by atoms with van der Waals surface area (Å²) in [5.74, 6) is 0. The van der Waals surface area contributed by atoms with Crippen LogP contribution in [0, 0.1) is 5.41 Å². The molecule has 0 amide bonds. The third-order valence-corrected chi connectivity index (χ3v) is 1.17. The van der Waals surface area contributed by atoms with E-state index < -0.39 is 13.0 Å². The topological polar surface area (TPSA) is 61.9 Å². The van der Waals surface area contributed by atoms with Crippen LogP contribution in [0.15, 0.2) is 10.9 Å². The van der Waals surface area contributed by atoms with E-state index in [1.807, 2.05) is 0 Å². The number of hydrogen-bond acceptors (Lipinski definition) is 3. The number of alkyl halides is 2. The van der Waals surface area contributed by atoms with Crippen LogP contribution in [-0.4, -0.2) is 19.2 Å². The molecule has 0 heterocycles. The van der Waals surface area contributed by atoms with Gasteiger partial charge in [0.25, 0.3) is 6.43 Å². The maximum absolute atomic E-state index is 11.5. The molecule has 0 aromatic rings. The van der Waals surface area contributed by atoms with Crippen LogP contribution in [0.4, 0.5) is 8.78 Å². The average Bonchev–Trinajstić information content (AvgIpc) is 1.98. The quantitative estimate of drug-likeness (QED) is 0.447. The minimum Gasteiger partial charge on any atom is -0.395 e. The van der Waals surface area contributed by atoms with Crippen molar-refractivity contribution in [1.29, 1.82) is 5.41 Å². The lowest BCUT2D eigenvalue weighted by Gasteiger charge is -2.03. The highest BCUT2D eigenvalue weighted by Gasteiger charge is 2.03. The molecule has 4 N–H and O–H groups in total. The second kappa shape index (κ2) is 4.90. The maximum atomic E-state index is 11.5. The van der Waals surface area contributed by atoms with Gasteiger partial charge in [0, 0.05) is 6.21 Å². The van der Waals surface area contributed by atoms with Crippen LogP contribution in [0.3, 0.4) is 0 Å². The Kier molecular flexibility index (Phi) is 4.52. The van der Waals surface area contributed by atoms with E-state index in [4.69, 9.17) is 22.7 Å². The monoisotopic (exact) mass is 183 g/mol. The highest BCUT2D eigenvalue weighted by molar-refractivity contribution is 6.30. The summed E-state index contributed by atoms with van der Waals surface area (Å²) in [6, 6.07) is 0. The van der Waals surface area contributed by atoms with Gasteiger partial charge in [-0.1, -0.05) is 11.6 Å². The summed E-state index contributed by atoms with van der Waals surface area (Å²) in [5, 5.41) is 8.63. The van der Waals surface area contributed by atoms with Crippen LogP contribution in [0.25, 0.3) is 0 Å². The second-order valence-corrected chi connectivity index (χ2v) is 2.06. The Morgan fingerprint density at radius 2 is 2.27 bits per heavy atom. The van der Waals surface area contributed by atoms with E-state index >= 15 is 0 Å². The largest absolute Gasteiger partial charge is 0.395 e. The summed E-state index contributed by atoms with van der Waals surface area (Å²) in [7, 11) is 0. The molecular weight excluding hydrogens is 176 g/mol. The number of rotatable bonds is 4. The molecule has 0 aromatic heterocycles. The van der Waals surface area contributed by atoms with Gasteiger partial charge in [-0.05, 0) is 0 Å². The summed E-state index contributed by atoms with van der Waals surface area (Å²) < 4.78 is 23.0. The summed E-state index contributed by atoms with van der Waals surface area (Å²) >= 11 is 5.33. The summed E-state index contributed by atoms with van der Waals surface area (Å²) in [6.45, 7) is -0.562. The number of hydrogen-bond donors (Lipinski definition) is 3. The fourth-order valence-electron chi connectivity index (χ4n) is 0.332. The highest BCUT2D eigenvalue weighted by atomic mass is 35.5. The molecule has 0 fully saturated rings. The van der Waals surface area contributed by atoms with E-state index in [0.29, 0.717) is 0 Å². The van der Waals surface area contributed by atoms with Gasteiger partial charge in [0.1, 0.15) is 5.16 Å². The van der Waals surface area contributed by atoms with Crippen LogP contribution in [-0.2, 0) is 0 Å². The van der Waals surface area contributed by atoms with Crippen molar-refractivity contribution in [3.63, 3.8) is 0 Å². The minimum atomic E-state index is -2.48. The van der Waals surface area contributed by atoms with E-state index in [-0.39, 0.29) is 10.9 Å². The first-order chi connectivity index (χ1) is 5.07. The minimum absolute atomic E-state index is 0.0627. The Morgan fingerprint density at radius 3 is 2.64 bits per heavy atom. The van der Waals surface area contributed by atoms with Crippen molar-refractivity contribution in [3.8, 4) is 0 Å². The first-order valence-corrected chi connectivity index (χ1v) is 3.13. The zero-order valence-corrected chi connectivity index (χ0v) is 6.33. The lowest BCUT2D eigenvalue weighted by Crippen LogP contribution is -2.21. The predicted octanol–water partition coefficient (Wildman–Crippen LogP) is 0.857. The Bertz CT molecular complexity index is 169. The normalized spacial score (nSPS) is 12.7. The molecule has 0 aromatic carbocycles. The first-order valence-electron chi connectivity index (χ1n) is 2.75. The molecule has 0 aliphatic rings. The Morgan fingerprint density at radius 1 is 1.73 bits per heavy atom. The summed E-state index contributed by atoms with van der Waals surface area (Å²) in [4.78, 5) is 0. The number of nitrogens with two attached hydrogens (primary N) is 1. The van der Waals surface area contributed by atoms with E-state index in [2.05, 4.69) is 5.32 Å². The molecule has 0 saturated heterocycles. The average molecular weight is 184 g/mol. The van der Waals surface area contributed by atoms with Gasteiger partial charge in [-0.3, -0.25) is 0 Å². The molecule has 0 spiro atoms. The molecule has 3 nitrogen and oxygen atoms in total. The molecule has 0 aliphatic carbocycles. The van der Waals surface area contributed by atoms with Gasteiger partial charge in [0.05, 0.1) is 12.2 Å². The molecule has 6 heteroatoms. The fraction of sp³-hybridized carbons (Fsp3) is 0.400. The van der Waals surface area contributed by atoms with Crippen molar-refractivity contribution in [2.24, 2.45) is 5.73 Å². The van der Waals surface area contributed by atoms with E-state index in [0.717, 1.165) is 6.21 Å². The standard InChI is InChI=1S/C5H8ClF2N3/c6-5(3(10)1-9)11-2-4(7)8/h1,4,9,11H,2,10H2/b5-3+,9-1?. The van der Waals surface area contributed by atoms with Crippen LogP contribution in [0.1, 0.15) is 0 Å². The van der Waals surface area contributed by atoms with Crippen LogP contribution in [0.5, 0.6) is 0 Å². The SMILES string of the molecule is N=C/C(N)=C(/Cl)NCC(F)F. The van der Waals surface area contributed by atoms with Crippen molar-refractivity contribution in [1.82, 2.24) is 5.32 Å². The van der Waals surface area contributed by atoms with Gasteiger partial charge < -0.3 is 16.5 Å². The van der Waals surface area contributed by atoms with Crippen molar-refractivity contribution < 1.29 is 8.78 Å². The van der Waals surface area contributed by atoms with Crippen molar-refractivity contribution in [2.75, 3.05) is 6.54 Å². The number of allylic oxidation sites excluding steroid dienone is 1. The van der Waals surface area contributed by atoms with E-state index in [1.54, 1.807) is 0 Å². The molecule has 64 valence electrons.